The van der Waals surface area contributed by atoms with E-state index in [-0.39, 0.29) is 11.4 Å². The van der Waals surface area contributed by atoms with Crippen LogP contribution in [0, 0.1) is 22.7 Å². The molecule has 0 saturated carbocycles. The molecule has 0 atom stereocenters. The predicted molar refractivity (Wildman–Crippen MR) is 114 cm³/mol. The van der Waals surface area contributed by atoms with Crippen LogP contribution in [0.5, 0.6) is 0 Å². The number of hydrogen-bond donors (Lipinski definition) is 2. The molecule has 0 spiro atoms. The molecule has 3 aromatic rings. The van der Waals surface area contributed by atoms with Gasteiger partial charge in [-0.3, -0.25) is 0 Å². The maximum absolute atomic E-state index is 9.25. The molecule has 0 aliphatic rings. The van der Waals surface area contributed by atoms with Crippen LogP contribution < -0.4 is 10.6 Å². The minimum absolute atomic E-state index is 0.00463. The monoisotopic (exact) mass is 496 g/mol. The molecule has 0 radical (unpaired) electrons. The van der Waals surface area contributed by atoms with Crippen LogP contribution >= 0.6 is 31.9 Å². The summed E-state index contributed by atoms with van der Waals surface area (Å²) in [4.78, 5) is 8.57. The molecule has 0 unspecified atom stereocenters. The van der Waals surface area contributed by atoms with E-state index in [2.05, 4.69) is 52.5 Å². The fraction of sp³-hybridized carbons (Fsp3) is 0.100. The lowest BCUT2D eigenvalue weighted by atomic mass is 10.2. The van der Waals surface area contributed by atoms with E-state index in [4.69, 9.17) is 0 Å². The molecule has 1 aromatic heterocycles. The van der Waals surface area contributed by atoms with Crippen LogP contribution in [0.1, 0.15) is 22.5 Å². The Morgan fingerprint density at radius 1 is 0.679 bits per heavy atom. The minimum Gasteiger partial charge on any atom is -0.363 e. The molecule has 1 heterocycles. The Bertz CT molecular complexity index is 964. The van der Waals surface area contributed by atoms with Gasteiger partial charge in [0.1, 0.15) is 12.1 Å². The van der Waals surface area contributed by atoms with Gasteiger partial charge in [-0.1, -0.05) is 56.1 Å². The smallest absolute Gasteiger partial charge is 0.179 e. The molecule has 0 aliphatic heterocycles. The maximum Gasteiger partial charge on any atom is 0.179 e. The predicted octanol–water partition coefficient (Wildman–Crippen LogP) is 4.97. The van der Waals surface area contributed by atoms with E-state index in [1.165, 1.54) is 0 Å². The molecule has 0 aliphatic carbocycles. The standard InChI is InChI=1S/C20H14Br2N6/c21-15-5-1-13(2-6-15)11-25-19-20(28-18(10-24)17(9-23)27-19)26-12-14-3-7-16(22)8-4-14/h1-8H,11-12H2,(H,25,27)(H,26,28). The number of nitriles is 2. The highest BCUT2D eigenvalue weighted by Gasteiger charge is 2.13. The lowest BCUT2D eigenvalue weighted by molar-refractivity contribution is 1.03. The zero-order valence-electron chi connectivity index (χ0n) is 14.6. The van der Waals surface area contributed by atoms with Gasteiger partial charge in [-0.05, 0) is 35.4 Å². The number of nitrogens with one attached hydrogen (secondary N) is 2. The van der Waals surface area contributed by atoms with Crippen LogP contribution in [0.15, 0.2) is 57.5 Å². The number of nitrogens with zero attached hydrogens (tertiary/aromatic N) is 4. The Kier molecular flexibility index (Phi) is 6.59. The van der Waals surface area contributed by atoms with Gasteiger partial charge < -0.3 is 10.6 Å². The van der Waals surface area contributed by atoms with E-state index in [9.17, 15) is 10.5 Å². The lowest BCUT2D eigenvalue weighted by Crippen LogP contribution is -2.11. The first kappa shape index (κ1) is 19.8. The fourth-order valence-corrected chi connectivity index (χ4v) is 2.94. The van der Waals surface area contributed by atoms with Crippen LogP contribution in [0.2, 0.25) is 0 Å². The van der Waals surface area contributed by atoms with Gasteiger partial charge in [-0.15, -0.1) is 0 Å². The van der Waals surface area contributed by atoms with Crippen molar-refractivity contribution in [1.82, 2.24) is 9.97 Å². The first-order chi connectivity index (χ1) is 13.6. The average molecular weight is 498 g/mol. The molecular weight excluding hydrogens is 484 g/mol. The third-order valence-electron chi connectivity index (χ3n) is 3.85. The number of benzene rings is 2. The van der Waals surface area contributed by atoms with Crippen LogP contribution in [-0.2, 0) is 13.1 Å². The Balaban J connectivity index is 1.83. The van der Waals surface area contributed by atoms with Gasteiger partial charge in [-0.2, -0.15) is 10.5 Å². The van der Waals surface area contributed by atoms with Crippen molar-refractivity contribution in [3.8, 4) is 12.1 Å². The Labute approximate surface area is 179 Å². The van der Waals surface area contributed by atoms with Crippen LogP contribution in [0.25, 0.3) is 0 Å². The van der Waals surface area contributed by atoms with Crippen molar-refractivity contribution in [1.29, 1.82) is 10.5 Å². The van der Waals surface area contributed by atoms with Crippen molar-refractivity contribution in [2.45, 2.75) is 13.1 Å². The van der Waals surface area contributed by atoms with Crippen molar-refractivity contribution >= 4 is 43.5 Å². The average Bonchev–Trinajstić information content (AvgIpc) is 2.72. The van der Waals surface area contributed by atoms with Crippen molar-refractivity contribution < 1.29 is 0 Å². The third-order valence-corrected chi connectivity index (χ3v) is 4.91. The van der Waals surface area contributed by atoms with E-state index in [1.807, 2.05) is 60.7 Å². The van der Waals surface area contributed by atoms with Gasteiger partial charge in [-0.25, -0.2) is 9.97 Å². The van der Waals surface area contributed by atoms with Gasteiger partial charge in [0, 0.05) is 22.0 Å². The summed E-state index contributed by atoms with van der Waals surface area (Å²) in [5.41, 5.74) is 2.09. The van der Waals surface area contributed by atoms with E-state index in [0.717, 1.165) is 20.1 Å². The molecule has 8 heteroatoms. The maximum atomic E-state index is 9.25. The minimum atomic E-state index is -0.00463. The van der Waals surface area contributed by atoms with Crippen molar-refractivity contribution in [3.63, 3.8) is 0 Å². The second kappa shape index (κ2) is 9.32. The first-order valence-corrected chi connectivity index (χ1v) is 9.86. The van der Waals surface area contributed by atoms with Gasteiger partial charge in [0.05, 0.1) is 0 Å². The van der Waals surface area contributed by atoms with Crippen LogP contribution in [-0.4, -0.2) is 9.97 Å². The number of rotatable bonds is 6. The van der Waals surface area contributed by atoms with Crippen molar-refractivity contribution in [3.05, 3.63) is 80.0 Å². The highest BCUT2D eigenvalue weighted by molar-refractivity contribution is 9.10. The Hall–Kier alpha value is -2.94. The molecule has 2 aromatic carbocycles. The van der Waals surface area contributed by atoms with E-state index in [1.54, 1.807) is 0 Å². The number of halogens is 2. The molecule has 0 saturated heterocycles. The lowest BCUT2D eigenvalue weighted by Gasteiger charge is -2.13. The number of hydrogen-bond acceptors (Lipinski definition) is 6. The molecule has 138 valence electrons. The summed E-state index contributed by atoms with van der Waals surface area (Å²) < 4.78 is 2.00. The summed E-state index contributed by atoms with van der Waals surface area (Å²) in [5.74, 6) is 0.853. The second-order valence-corrected chi connectivity index (χ2v) is 7.63. The quantitative estimate of drug-likeness (QED) is 0.499. The van der Waals surface area contributed by atoms with Crippen LogP contribution in [0.4, 0.5) is 11.6 Å². The molecule has 0 amide bonds. The summed E-state index contributed by atoms with van der Waals surface area (Å²) in [6, 6.07) is 19.6. The number of aromatic nitrogens is 2. The van der Waals surface area contributed by atoms with Gasteiger partial charge >= 0.3 is 0 Å². The van der Waals surface area contributed by atoms with Crippen molar-refractivity contribution in [2.24, 2.45) is 0 Å². The molecule has 28 heavy (non-hydrogen) atoms. The topological polar surface area (TPSA) is 97.4 Å². The highest BCUT2D eigenvalue weighted by Crippen LogP contribution is 2.21. The molecule has 3 rings (SSSR count). The van der Waals surface area contributed by atoms with Gasteiger partial charge in [0.2, 0.25) is 0 Å². The van der Waals surface area contributed by atoms with Crippen LogP contribution in [0.3, 0.4) is 0 Å². The van der Waals surface area contributed by atoms with E-state index >= 15 is 0 Å². The highest BCUT2D eigenvalue weighted by atomic mass is 79.9. The molecule has 2 N–H and O–H groups in total. The van der Waals surface area contributed by atoms with Gasteiger partial charge in [0.15, 0.2) is 23.0 Å². The normalized spacial score (nSPS) is 10.0. The Morgan fingerprint density at radius 2 is 1.04 bits per heavy atom. The summed E-state index contributed by atoms with van der Waals surface area (Å²) in [7, 11) is 0. The largest absolute Gasteiger partial charge is 0.363 e. The summed E-state index contributed by atoms with van der Waals surface area (Å²) in [5, 5.41) is 24.9. The van der Waals surface area contributed by atoms with Gasteiger partial charge in [0.25, 0.3) is 0 Å². The summed E-state index contributed by atoms with van der Waals surface area (Å²) in [6.45, 7) is 1.01. The number of anilines is 2. The summed E-state index contributed by atoms with van der Waals surface area (Å²) in [6.07, 6.45) is 0. The van der Waals surface area contributed by atoms with E-state index in [0.29, 0.717) is 24.7 Å². The van der Waals surface area contributed by atoms with E-state index < -0.39 is 0 Å². The molecular formula is C20H14Br2N6. The zero-order valence-corrected chi connectivity index (χ0v) is 17.7. The SMILES string of the molecule is N#Cc1nc(NCc2ccc(Br)cc2)c(NCc2ccc(Br)cc2)nc1C#N. The molecule has 0 fully saturated rings. The Morgan fingerprint density at radius 3 is 1.36 bits per heavy atom. The summed E-state index contributed by atoms with van der Waals surface area (Å²) >= 11 is 6.83. The zero-order chi connectivity index (χ0) is 19.9. The third kappa shape index (κ3) is 5.07. The van der Waals surface area contributed by atoms with Crippen molar-refractivity contribution in [2.75, 3.05) is 10.6 Å². The molecule has 0 bridgehead atoms. The fourth-order valence-electron chi connectivity index (χ4n) is 2.41. The second-order valence-electron chi connectivity index (χ2n) is 5.80. The first-order valence-electron chi connectivity index (χ1n) is 8.28. The molecule has 6 nitrogen and oxygen atoms in total.